The minimum atomic E-state index is 0.657. The molecular weight excluding hydrogens is 224 g/mol. The van der Waals surface area contributed by atoms with Crippen molar-refractivity contribution < 1.29 is 0 Å². The molecule has 0 radical (unpaired) electrons. The van der Waals surface area contributed by atoms with E-state index in [2.05, 4.69) is 28.8 Å². The van der Waals surface area contributed by atoms with Crippen molar-refractivity contribution in [3.63, 3.8) is 0 Å². The van der Waals surface area contributed by atoms with E-state index in [-0.39, 0.29) is 0 Å². The van der Waals surface area contributed by atoms with Crippen LogP contribution in [0.15, 0.2) is 24.4 Å². The van der Waals surface area contributed by atoms with E-state index in [1.807, 2.05) is 28.9 Å². The molecule has 3 rings (SSSR count). The molecule has 1 aliphatic rings. The zero-order valence-corrected chi connectivity index (χ0v) is 11.1. The summed E-state index contributed by atoms with van der Waals surface area (Å²) in [6, 6.07) is 6.65. The van der Waals surface area contributed by atoms with E-state index in [1.165, 1.54) is 19.5 Å². The molecule has 1 atom stereocenters. The Hall–Kier alpha value is -1.42. The van der Waals surface area contributed by atoms with E-state index in [4.69, 9.17) is 0 Å². The fourth-order valence-corrected chi connectivity index (χ4v) is 2.72. The fraction of sp³-hybridized carbons (Fsp3) is 0.571. The first-order chi connectivity index (χ1) is 8.72. The zero-order valence-electron chi connectivity index (χ0n) is 11.1. The summed E-state index contributed by atoms with van der Waals surface area (Å²) in [4.78, 5) is 7.12. The highest BCUT2D eigenvalue weighted by molar-refractivity contribution is 5.36. The van der Waals surface area contributed by atoms with Gasteiger partial charge in [0.15, 0.2) is 11.5 Å². The van der Waals surface area contributed by atoms with Crippen molar-refractivity contribution in [3.05, 3.63) is 30.2 Å². The third kappa shape index (κ3) is 2.25. The predicted octanol–water partition coefficient (Wildman–Crippen LogP) is 2.00. The summed E-state index contributed by atoms with van der Waals surface area (Å²) in [5, 5.41) is 4.53. The predicted molar refractivity (Wildman–Crippen MR) is 71.5 cm³/mol. The smallest absolute Gasteiger partial charge is 0.155 e. The second-order valence-electron chi connectivity index (χ2n) is 5.48. The van der Waals surface area contributed by atoms with Gasteiger partial charge in [-0.1, -0.05) is 6.07 Å². The Balaban J connectivity index is 1.70. The quantitative estimate of drug-likeness (QED) is 0.828. The molecule has 0 bridgehead atoms. The molecule has 0 saturated carbocycles. The molecule has 96 valence electrons. The Morgan fingerprint density at radius 3 is 3.00 bits per heavy atom. The van der Waals surface area contributed by atoms with Crippen LogP contribution in [0.2, 0.25) is 0 Å². The van der Waals surface area contributed by atoms with Gasteiger partial charge in [-0.05, 0) is 44.9 Å². The lowest BCUT2D eigenvalue weighted by Gasteiger charge is -2.19. The van der Waals surface area contributed by atoms with Crippen molar-refractivity contribution in [1.82, 2.24) is 19.5 Å². The molecule has 2 aromatic rings. The number of aromatic nitrogens is 3. The maximum atomic E-state index is 4.58. The molecular formula is C14H20N4. The number of likely N-dealkylation sites (tertiary alicyclic amines) is 1. The summed E-state index contributed by atoms with van der Waals surface area (Å²) in [7, 11) is 0. The third-order valence-electron chi connectivity index (χ3n) is 3.80. The van der Waals surface area contributed by atoms with Gasteiger partial charge >= 0.3 is 0 Å². The van der Waals surface area contributed by atoms with E-state index < -0.39 is 0 Å². The maximum Gasteiger partial charge on any atom is 0.155 e. The SMILES string of the molecule is CC(C)N1CCC(Cc2nc3ccccn3n2)C1. The molecule has 3 heterocycles. The van der Waals surface area contributed by atoms with Gasteiger partial charge in [0.05, 0.1) is 0 Å². The fourth-order valence-electron chi connectivity index (χ4n) is 2.72. The number of pyridine rings is 1. The molecule has 2 aromatic heterocycles. The lowest BCUT2D eigenvalue weighted by Crippen LogP contribution is -2.28. The topological polar surface area (TPSA) is 33.4 Å². The van der Waals surface area contributed by atoms with Crippen molar-refractivity contribution in [1.29, 1.82) is 0 Å². The average Bonchev–Trinajstić information content (AvgIpc) is 2.94. The Kier molecular flexibility index (Phi) is 3.04. The van der Waals surface area contributed by atoms with Crippen LogP contribution < -0.4 is 0 Å². The number of hydrogen-bond acceptors (Lipinski definition) is 3. The largest absolute Gasteiger partial charge is 0.301 e. The zero-order chi connectivity index (χ0) is 12.5. The molecule has 0 aromatic carbocycles. The van der Waals surface area contributed by atoms with E-state index in [0.29, 0.717) is 12.0 Å². The normalized spacial score (nSPS) is 21.2. The van der Waals surface area contributed by atoms with Gasteiger partial charge in [0.2, 0.25) is 0 Å². The molecule has 1 unspecified atom stereocenters. The first-order valence-corrected chi connectivity index (χ1v) is 6.76. The van der Waals surface area contributed by atoms with Crippen LogP contribution in [0.1, 0.15) is 26.1 Å². The second-order valence-corrected chi connectivity index (χ2v) is 5.48. The number of fused-ring (bicyclic) bond motifs is 1. The molecule has 1 aliphatic heterocycles. The molecule has 0 spiro atoms. The van der Waals surface area contributed by atoms with Crippen LogP contribution in [0.3, 0.4) is 0 Å². The Morgan fingerprint density at radius 2 is 2.28 bits per heavy atom. The van der Waals surface area contributed by atoms with Crippen molar-refractivity contribution in [2.45, 2.75) is 32.7 Å². The van der Waals surface area contributed by atoms with Crippen LogP contribution in [-0.2, 0) is 6.42 Å². The van der Waals surface area contributed by atoms with E-state index in [0.717, 1.165) is 17.9 Å². The molecule has 1 fully saturated rings. The van der Waals surface area contributed by atoms with E-state index >= 15 is 0 Å². The molecule has 1 saturated heterocycles. The minimum Gasteiger partial charge on any atom is -0.301 e. The summed E-state index contributed by atoms with van der Waals surface area (Å²) in [6.07, 6.45) is 4.24. The van der Waals surface area contributed by atoms with Gasteiger partial charge in [-0.25, -0.2) is 9.50 Å². The van der Waals surface area contributed by atoms with Gasteiger partial charge in [0, 0.05) is 25.2 Å². The van der Waals surface area contributed by atoms with Gasteiger partial charge in [-0.3, -0.25) is 0 Å². The Bertz CT molecular complexity index is 498. The highest BCUT2D eigenvalue weighted by atomic mass is 15.3. The van der Waals surface area contributed by atoms with Gasteiger partial charge in [0.25, 0.3) is 0 Å². The monoisotopic (exact) mass is 244 g/mol. The van der Waals surface area contributed by atoms with Crippen molar-refractivity contribution >= 4 is 5.65 Å². The van der Waals surface area contributed by atoms with E-state index in [9.17, 15) is 0 Å². The summed E-state index contributed by atoms with van der Waals surface area (Å²) in [6.45, 7) is 6.94. The number of nitrogens with zero attached hydrogens (tertiary/aromatic N) is 4. The standard InChI is InChI=1S/C14H20N4/c1-11(2)17-8-6-12(10-17)9-13-15-14-5-3-4-7-18(14)16-13/h3-5,7,11-12H,6,8-10H2,1-2H3. The second kappa shape index (κ2) is 4.69. The maximum absolute atomic E-state index is 4.58. The van der Waals surface area contributed by atoms with Crippen molar-refractivity contribution in [2.75, 3.05) is 13.1 Å². The van der Waals surface area contributed by atoms with E-state index in [1.54, 1.807) is 0 Å². The molecule has 0 N–H and O–H groups in total. The van der Waals surface area contributed by atoms with Crippen molar-refractivity contribution in [3.8, 4) is 0 Å². The van der Waals surface area contributed by atoms with Crippen LogP contribution in [0.4, 0.5) is 0 Å². The Morgan fingerprint density at radius 1 is 1.39 bits per heavy atom. The molecule has 0 aliphatic carbocycles. The number of rotatable bonds is 3. The summed E-state index contributed by atoms with van der Waals surface area (Å²) in [5.41, 5.74) is 0.950. The first-order valence-electron chi connectivity index (χ1n) is 6.76. The third-order valence-corrected chi connectivity index (χ3v) is 3.80. The van der Waals surface area contributed by atoms with Gasteiger partial charge in [-0.15, -0.1) is 0 Å². The van der Waals surface area contributed by atoms with Gasteiger partial charge < -0.3 is 4.90 Å². The highest BCUT2D eigenvalue weighted by Crippen LogP contribution is 2.21. The first kappa shape index (κ1) is 11.7. The molecule has 0 amide bonds. The van der Waals surface area contributed by atoms with Crippen LogP contribution in [0, 0.1) is 5.92 Å². The van der Waals surface area contributed by atoms with Gasteiger partial charge in [0.1, 0.15) is 0 Å². The summed E-state index contributed by atoms with van der Waals surface area (Å²) < 4.78 is 1.87. The molecule has 18 heavy (non-hydrogen) atoms. The Labute approximate surface area is 108 Å². The van der Waals surface area contributed by atoms with Gasteiger partial charge in [-0.2, -0.15) is 5.10 Å². The average molecular weight is 244 g/mol. The summed E-state index contributed by atoms with van der Waals surface area (Å²) in [5.74, 6) is 1.70. The van der Waals surface area contributed by atoms with Crippen LogP contribution >= 0.6 is 0 Å². The van der Waals surface area contributed by atoms with Crippen LogP contribution in [0.5, 0.6) is 0 Å². The highest BCUT2D eigenvalue weighted by Gasteiger charge is 2.25. The lowest BCUT2D eigenvalue weighted by atomic mass is 10.1. The number of hydrogen-bond donors (Lipinski definition) is 0. The molecule has 4 nitrogen and oxygen atoms in total. The van der Waals surface area contributed by atoms with Crippen LogP contribution in [-0.4, -0.2) is 38.6 Å². The molecule has 4 heteroatoms. The van der Waals surface area contributed by atoms with Crippen LogP contribution in [0.25, 0.3) is 5.65 Å². The minimum absolute atomic E-state index is 0.657. The van der Waals surface area contributed by atoms with Crippen molar-refractivity contribution in [2.24, 2.45) is 5.92 Å². The lowest BCUT2D eigenvalue weighted by molar-refractivity contribution is 0.264. The summed E-state index contributed by atoms with van der Waals surface area (Å²) >= 11 is 0.